The molecule has 1 aromatic rings. The van der Waals surface area contributed by atoms with Crippen LogP contribution in [0.1, 0.15) is 32.4 Å². The lowest BCUT2D eigenvalue weighted by Gasteiger charge is -2.42. The molecule has 1 aliphatic heterocycles. The van der Waals surface area contributed by atoms with Gasteiger partial charge in [-0.05, 0) is 23.1 Å². The molecule has 2 rings (SSSR count). The standard InChI is InChI=1S/C16H25ClN2O.2ClH/c1-16(2,3)15(19-9-7-18-8-10-19)12-5-6-13(17)14(11-12)20-4;;/h5-6,11,15,18H,7-10H2,1-4H3;2*1H/t15-;;/m1../s1. The van der Waals surface area contributed by atoms with E-state index in [1.54, 1.807) is 7.11 Å². The van der Waals surface area contributed by atoms with Gasteiger partial charge in [-0.15, -0.1) is 24.8 Å². The molecule has 6 heteroatoms. The first-order valence-corrected chi connectivity index (χ1v) is 7.59. The fourth-order valence-electron chi connectivity index (χ4n) is 3.05. The SMILES string of the molecule is COc1cc([C@@H](N2CCNCC2)C(C)(C)C)ccc1Cl.Cl.Cl. The van der Waals surface area contributed by atoms with Crippen LogP contribution in [0, 0.1) is 5.41 Å². The van der Waals surface area contributed by atoms with Crippen molar-refractivity contribution < 1.29 is 4.74 Å². The number of piperazine rings is 1. The van der Waals surface area contributed by atoms with E-state index in [2.05, 4.69) is 43.1 Å². The molecule has 0 aliphatic carbocycles. The fraction of sp³-hybridized carbons (Fsp3) is 0.625. The lowest BCUT2D eigenvalue weighted by Crippen LogP contribution is -2.48. The Balaban J connectivity index is 0.00000220. The average Bonchev–Trinajstić information content (AvgIpc) is 2.40. The minimum absolute atomic E-state index is 0. The number of ether oxygens (including phenoxy) is 1. The van der Waals surface area contributed by atoms with Crippen LogP contribution in [0.5, 0.6) is 5.75 Å². The summed E-state index contributed by atoms with van der Waals surface area (Å²) < 4.78 is 5.37. The van der Waals surface area contributed by atoms with Crippen LogP contribution in [0.2, 0.25) is 5.02 Å². The Labute approximate surface area is 151 Å². The number of nitrogens with one attached hydrogen (secondary N) is 1. The van der Waals surface area contributed by atoms with Gasteiger partial charge in [0.05, 0.1) is 12.1 Å². The van der Waals surface area contributed by atoms with Crippen molar-refractivity contribution in [2.75, 3.05) is 33.3 Å². The van der Waals surface area contributed by atoms with Crippen molar-refractivity contribution in [3.8, 4) is 5.75 Å². The number of benzene rings is 1. The number of hydrogen-bond acceptors (Lipinski definition) is 3. The molecule has 0 bridgehead atoms. The van der Waals surface area contributed by atoms with Crippen molar-refractivity contribution in [1.29, 1.82) is 0 Å². The van der Waals surface area contributed by atoms with E-state index in [-0.39, 0.29) is 30.2 Å². The lowest BCUT2D eigenvalue weighted by atomic mass is 9.81. The molecule has 0 radical (unpaired) electrons. The maximum Gasteiger partial charge on any atom is 0.137 e. The predicted molar refractivity (Wildman–Crippen MR) is 99.1 cm³/mol. The maximum atomic E-state index is 6.15. The fourth-order valence-corrected chi connectivity index (χ4v) is 3.24. The van der Waals surface area contributed by atoms with Gasteiger partial charge in [0.1, 0.15) is 5.75 Å². The minimum atomic E-state index is 0. The van der Waals surface area contributed by atoms with Gasteiger partial charge in [-0.2, -0.15) is 0 Å². The largest absolute Gasteiger partial charge is 0.495 e. The van der Waals surface area contributed by atoms with Crippen LogP contribution in [0.4, 0.5) is 0 Å². The predicted octanol–water partition coefficient (Wildman–Crippen LogP) is 4.18. The van der Waals surface area contributed by atoms with E-state index in [1.807, 2.05) is 6.07 Å². The van der Waals surface area contributed by atoms with E-state index in [0.717, 1.165) is 31.9 Å². The molecule has 1 heterocycles. The van der Waals surface area contributed by atoms with Crippen molar-refractivity contribution in [2.24, 2.45) is 5.41 Å². The number of rotatable bonds is 3. The molecule has 0 amide bonds. The number of hydrogen-bond donors (Lipinski definition) is 1. The molecule has 1 saturated heterocycles. The van der Waals surface area contributed by atoms with Gasteiger partial charge in [0.15, 0.2) is 0 Å². The molecular formula is C16H27Cl3N2O. The molecule has 0 saturated carbocycles. The Morgan fingerprint density at radius 1 is 1.18 bits per heavy atom. The highest BCUT2D eigenvalue weighted by molar-refractivity contribution is 6.32. The number of methoxy groups -OCH3 is 1. The third kappa shape index (κ3) is 5.17. The average molecular weight is 370 g/mol. The Morgan fingerprint density at radius 3 is 2.27 bits per heavy atom. The molecule has 128 valence electrons. The molecule has 1 fully saturated rings. The number of halogens is 3. The molecule has 0 spiro atoms. The zero-order chi connectivity index (χ0) is 14.8. The highest BCUT2D eigenvalue weighted by Gasteiger charge is 2.32. The third-order valence-electron chi connectivity index (χ3n) is 3.83. The van der Waals surface area contributed by atoms with E-state index in [4.69, 9.17) is 16.3 Å². The maximum absolute atomic E-state index is 6.15. The van der Waals surface area contributed by atoms with Crippen LogP contribution in [0.15, 0.2) is 18.2 Å². The Bertz CT molecular complexity index is 457. The molecule has 0 aromatic heterocycles. The Hall–Kier alpha value is -0.190. The van der Waals surface area contributed by atoms with Crippen molar-refractivity contribution in [1.82, 2.24) is 10.2 Å². The van der Waals surface area contributed by atoms with Gasteiger partial charge in [-0.25, -0.2) is 0 Å². The zero-order valence-corrected chi connectivity index (χ0v) is 16.1. The summed E-state index contributed by atoms with van der Waals surface area (Å²) in [5.41, 5.74) is 1.44. The van der Waals surface area contributed by atoms with E-state index < -0.39 is 0 Å². The molecule has 3 nitrogen and oxygen atoms in total. The van der Waals surface area contributed by atoms with Crippen LogP contribution < -0.4 is 10.1 Å². The lowest BCUT2D eigenvalue weighted by molar-refractivity contribution is 0.0861. The van der Waals surface area contributed by atoms with Gasteiger partial charge in [-0.3, -0.25) is 4.90 Å². The molecule has 1 aromatic carbocycles. The second-order valence-corrected chi connectivity index (χ2v) is 6.86. The minimum Gasteiger partial charge on any atom is -0.495 e. The van der Waals surface area contributed by atoms with Crippen molar-refractivity contribution >= 4 is 36.4 Å². The monoisotopic (exact) mass is 368 g/mol. The first-order valence-electron chi connectivity index (χ1n) is 7.21. The van der Waals surface area contributed by atoms with E-state index in [9.17, 15) is 0 Å². The molecule has 1 atom stereocenters. The molecule has 22 heavy (non-hydrogen) atoms. The summed E-state index contributed by atoms with van der Waals surface area (Å²) in [5.74, 6) is 0.758. The van der Waals surface area contributed by atoms with Gasteiger partial charge in [0, 0.05) is 32.2 Å². The quantitative estimate of drug-likeness (QED) is 0.865. The van der Waals surface area contributed by atoms with Crippen LogP contribution >= 0.6 is 36.4 Å². The second kappa shape index (κ2) is 9.19. The molecule has 0 unspecified atom stereocenters. The molecule has 1 aliphatic rings. The summed E-state index contributed by atoms with van der Waals surface area (Å²) in [6.07, 6.45) is 0. The van der Waals surface area contributed by atoms with Gasteiger partial charge in [0.2, 0.25) is 0 Å². The van der Waals surface area contributed by atoms with Crippen LogP contribution in [0.3, 0.4) is 0 Å². The van der Waals surface area contributed by atoms with Crippen LogP contribution in [-0.2, 0) is 0 Å². The van der Waals surface area contributed by atoms with Gasteiger partial charge < -0.3 is 10.1 Å². The van der Waals surface area contributed by atoms with E-state index >= 15 is 0 Å². The van der Waals surface area contributed by atoms with E-state index in [0.29, 0.717) is 11.1 Å². The van der Waals surface area contributed by atoms with E-state index in [1.165, 1.54) is 5.56 Å². The summed E-state index contributed by atoms with van der Waals surface area (Å²) in [7, 11) is 1.67. The normalized spacial score (nSPS) is 17.1. The van der Waals surface area contributed by atoms with Crippen LogP contribution in [-0.4, -0.2) is 38.2 Å². The Kier molecular flexibility index (Phi) is 9.11. The summed E-state index contributed by atoms with van der Waals surface area (Å²) in [4.78, 5) is 2.55. The smallest absolute Gasteiger partial charge is 0.137 e. The highest BCUT2D eigenvalue weighted by atomic mass is 35.5. The van der Waals surface area contributed by atoms with Crippen molar-refractivity contribution in [3.63, 3.8) is 0 Å². The second-order valence-electron chi connectivity index (χ2n) is 6.45. The topological polar surface area (TPSA) is 24.5 Å². The summed E-state index contributed by atoms with van der Waals surface area (Å²) in [6, 6.07) is 6.52. The molecule has 1 N–H and O–H groups in total. The summed E-state index contributed by atoms with van der Waals surface area (Å²) in [5, 5.41) is 4.09. The first kappa shape index (κ1) is 21.8. The first-order chi connectivity index (χ1) is 9.43. The third-order valence-corrected chi connectivity index (χ3v) is 4.14. The summed E-state index contributed by atoms with van der Waals surface area (Å²) in [6.45, 7) is 11.1. The van der Waals surface area contributed by atoms with Gasteiger partial charge in [0.25, 0.3) is 0 Å². The van der Waals surface area contributed by atoms with Gasteiger partial charge >= 0.3 is 0 Å². The number of nitrogens with zero attached hydrogens (tertiary/aromatic N) is 1. The highest BCUT2D eigenvalue weighted by Crippen LogP contribution is 2.40. The van der Waals surface area contributed by atoms with Gasteiger partial charge in [-0.1, -0.05) is 38.4 Å². The summed E-state index contributed by atoms with van der Waals surface area (Å²) >= 11 is 6.15. The zero-order valence-electron chi connectivity index (χ0n) is 13.7. The Morgan fingerprint density at radius 2 is 1.77 bits per heavy atom. The van der Waals surface area contributed by atoms with Crippen molar-refractivity contribution in [2.45, 2.75) is 26.8 Å². The van der Waals surface area contributed by atoms with Crippen molar-refractivity contribution in [3.05, 3.63) is 28.8 Å². The van der Waals surface area contributed by atoms with Crippen LogP contribution in [0.25, 0.3) is 0 Å². The molecular weight excluding hydrogens is 343 g/mol.